The predicted molar refractivity (Wildman–Crippen MR) is 74.6 cm³/mol. The predicted octanol–water partition coefficient (Wildman–Crippen LogP) is 2.23. The normalized spacial score (nSPS) is 16.4. The van der Waals surface area contributed by atoms with E-state index in [9.17, 15) is 4.39 Å². The number of para-hydroxylation sites is 1. The van der Waals surface area contributed by atoms with Crippen molar-refractivity contribution < 1.29 is 9.13 Å². The Kier molecular flexibility index (Phi) is 3.14. The van der Waals surface area contributed by atoms with Crippen LogP contribution in [0.2, 0.25) is 0 Å². The Bertz CT molecular complexity index is 632. The smallest absolute Gasteiger partial charge is 0.225 e. The average molecular weight is 274 g/mol. The van der Waals surface area contributed by atoms with Gasteiger partial charge in [-0.2, -0.15) is 4.98 Å². The number of nitrogens with one attached hydrogen (secondary N) is 1. The van der Waals surface area contributed by atoms with Gasteiger partial charge in [0, 0.05) is 19.7 Å². The zero-order valence-electron chi connectivity index (χ0n) is 11.3. The lowest BCUT2D eigenvalue weighted by Gasteiger charge is -2.15. The highest BCUT2D eigenvalue weighted by atomic mass is 19.1. The van der Waals surface area contributed by atoms with Gasteiger partial charge in [0.15, 0.2) is 11.6 Å². The summed E-state index contributed by atoms with van der Waals surface area (Å²) in [5.74, 6) is 1.07. The molecule has 1 aliphatic heterocycles. The van der Waals surface area contributed by atoms with Crippen LogP contribution in [0.4, 0.5) is 16.2 Å². The molecule has 1 unspecified atom stereocenters. The zero-order valence-corrected chi connectivity index (χ0v) is 11.3. The highest BCUT2D eigenvalue weighted by Crippen LogP contribution is 2.33. The summed E-state index contributed by atoms with van der Waals surface area (Å²) in [6.45, 7) is 0.511. The number of hydrogen-bond donors (Lipinski definition) is 1. The third kappa shape index (κ3) is 2.24. The highest BCUT2D eigenvalue weighted by Gasteiger charge is 2.24. The van der Waals surface area contributed by atoms with E-state index in [1.807, 2.05) is 24.3 Å². The van der Waals surface area contributed by atoms with E-state index < -0.39 is 5.82 Å². The molecule has 0 bridgehead atoms. The minimum atomic E-state index is -0.441. The summed E-state index contributed by atoms with van der Waals surface area (Å²) < 4.78 is 19.1. The molecule has 0 saturated carbocycles. The van der Waals surface area contributed by atoms with Crippen molar-refractivity contribution in [3.05, 3.63) is 41.8 Å². The summed E-state index contributed by atoms with van der Waals surface area (Å²) in [6.07, 6.45) is 1.17. The fraction of sp³-hybridized carbons (Fsp3) is 0.286. The summed E-state index contributed by atoms with van der Waals surface area (Å²) in [7, 11) is 3.48. The van der Waals surface area contributed by atoms with Crippen LogP contribution in [-0.4, -0.2) is 30.7 Å². The maximum atomic E-state index is 13.6. The van der Waals surface area contributed by atoms with Gasteiger partial charge in [-0.3, -0.25) is 0 Å². The second-order valence-electron chi connectivity index (χ2n) is 4.81. The minimum absolute atomic E-state index is 0.0216. The number of benzene rings is 1. The summed E-state index contributed by atoms with van der Waals surface area (Å²) in [5.41, 5.74) is 1.06. The van der Waals surface area contributed by atoms with Crippen molar-refractivity contribution in [1.82, 2.24) is 9.97 Å². The van der Waals surface area contributed by atoms with Crippen LogP contribution in [0, 0.1) is 5.82 Å². The molecule has 0 saturated heterocycles. The summed E-state index contributed by atoms with van der Waals surface area (Å²) in [6, 6.07) is 7.79. The fourth-order valence-corrected chi connectivity index (χ4v) is 2.18. The van der Waals surface area contributed by atoms with Gasteiger partial charge in [-0.1, -0.05) is 18.2 Å². The second-order valence-corrected chi connectivity index (χ2v) is 4.81. The molecule has 0 aliphatic carbocycles. The molecule has 1 aromatic heterocycles. The van der Waals surface area contributed by atoms with Crippen LogP contribution in [0.5, 0.6) is 5.75 Å². The Balaban J connectivity index is 1.84. The maximum Gasteiger partial charge on any atom is 0.225 e. The number of hydrogen-bond acceptors (Lipinski definition) is 5. The SMILES string of the molecule is CN(C)c1nc(NC2COc3ccccc32)ncc1F. The Morgan fingerprint density at radius 2 is 2.15 bits per heavy atom. The maximum absolute atomic E-state index is 13.6. The van der Waals surface area contributed by atoms with E-state index in [4.69, 9.17) is 4.74 Å². The third-order valence-corrected chi connectivity index (χ3v) is 3.15. The lowest BCUT2D eigenvalue weighted by Crippen LogP contribution is -2.17. The number of halogens is 1. The molecule has 20 heavy (non-hydrogen) atoms. The van der Waals surface area contributed by atoms with Crippen molar-refractivity contribution in [3.8, 4) is 5.75 Å². The van der Waals surface area contributed by atoms with E-state index in [1.54, 1.807) is 19.0 Å². The van der Waals surface area contributed by atoms with E-state index in [2.05, 4.69) is 15.3 Å². The van der Waals surface area contributed by atoms with Crippen LogP contribution in [0.1, 0.15) is 11.6 Å². The number of anilines is 2. The topological polar surface area (TPSA) is 50.3 Å². The van der Waals surface area contributed by atoms with Gasteiger partial charge in [0.25, 0.3) is 0 Å². The van der Waals surface area contributed by atoms with Crippen molar-refractivity contribution in [2.45, 2.75) is 6.04 Å². The Morgan fingerprint density at radius 1 is 1.35 bits per heavy atom. The summed E-state index contributed by atoms with van der Waals surface area (Å²) >= 11 is 0. The number of aromatic nitrogens is 2. The van der Waals surface area contributed by atoms with Gasteiger partial charge in [-0.25, -0.2) is 9.37 Å². The van der Waals surface area contributed by atoms with Crippen LogP contribution >= 0.6 is 0 Å². The first-order chi connectivity index (χ1) is 9.65. The molecule has 0 spiro atoms. The molecule has 1 aromatic carbocycles. The van der Waals surface area contributed by atoms with Crippen molar-refractivity contribution in [3.63, 3.8) is 0 Å². The first kappa shape index (κ1) is 12.7. The molecule has 0 radical (unpaired) electrons. The zero-order chi connectivity index (χ0) is 14.1. The van der Waals surface area contributed by atoms with Gasteiger partial charge in [0.1, 0.15) is 12.4 Å². The van der Waals surface area contributed by atoms with Crippen LogP contribution in [0.3, 0.4) is 0 Å². The van der Waals surface area contributed by atoms with Crippen molar-refractivity contribution in [1.29, 1.82) is 0 Å². The largest absolute Gasteiger partial charge is 0.491 e. The quantitative estimate of drug-likeness (QED) is 0.930. The number of fused-ring (bicyclic) bond motifs is 1. The second kappa shape index (κ2) is 4.96. The van der Waals surface area contributed by atoms with Crippen LogP contribution in [0.15, 0.2) is 30.5 Å². The molecule has 104 valence electrons. The van der Waals surface area contributed by atoms with Gasteiger partial charge in [0.05, 0.1) is 12.2 Å². The van der Waals surface area contributed by atoms with Gasteiger partial charge in [0.2, 0.25) is 5.95 Å². The molecule has 1 N–H and O–H groups in total. The Labute approximate surface area is 116 Å². The van der Waals surface area contributed by atoms with Gasteiger partial charge >= 0.3 is 0 Å². The average Bonchev–Trinajstić information content (AvgIpc) is 2.84. The summed E-state index contributed by atoms with van der Waals surface area (Å²) in [4.78, 5) is 9.77. The van der Waals surface area contributed by atoms with Crippen LogP contribution < -0.4 is 15.0 Å². The lowest BCUT2D eigenvalue weighted by atomic mass is 10.1. The molecule has 1 aliphatic rings. The Hall–Kier alpha value is -2.37. The summed E-state index contributed by atoms with van der Waals surface area (Å²) in [5, 5.41) is 3.18. The first-order valence-corrected chi connectivity index (χ1v) is 6.33. The molecule has 0 fully saturated rings. The van der Waals surface area contributed by atoms with Gasteiger partial charge in [-0.05, 0) is 6.07 Å². The van der Waals surface area contributed by atoms with Crippen LogP contribution in [0.25, 0.3) is 0 Å². The standard InChI is InChI=1S/C14H15FN4O/c1-19(2)13-10(15)7-16-14(18-13)17-11-8-20-12-6-4-3-5-9(11)12/h3-7,11H,8H2,1-2H3,(H,16,17,18). The van der Waals surface area contributed by atoms with Gasteiger partial charge in [-0.15, -0.1) is 0 Å². The minimum Gasteiger partial charge on any atom is -0.491 e. The molecule has 1 atom stereocenters. The third-order valence-electron chi connectivity index (χ3n) is 3.15. The molecule has 2 aromatic rings. The molecule has 5 nitrogen and oxygen atoms in total. The molecular formula is C14H15FN4O. The van der Waals surface area contributed by atoms with Crippen molar-refractivity contribution in [2.75, 3.05) is 30.9 Å². The Morgan fingerprint density at radius 3 is 2.95 bits per heavy atom. The van der Waals surface area contributed by atoms with E-state index in [0.717, 1.165) is 11.3 Å². The number of ether oxygens (including phenoxy) is 1. The van der Waals surface area contributed by atoms with Gasteiger partial charge < -0.3 is 15.0 Å². The van der Waals surface area contributed by atoms with E-state index in [-0.39, 0.29) is 11.9 Å². The van der Waals surface area contributed by atoms with Crippen molar-refractivity contribution >= 4 is 11.8 Å². The molecule has 3 rings (SSSR count). The molecule has 0 amide bonds. The lowest BCUT2D eigenvalue weighted by molar-refractivity contribution is 0.339. The van der Waals surface area contributed by atoms with Crippen LogP contribution in [-0.2, 0) is 0 Å². The van der Waals surface area contributed by atoms with E-state index in [0.29, 0.717) is 12.6 Å². The van der Waals surface area contributed by atoms with Crippen molar-refractivity contribution in [2.24, 2.45) is 0 Å². The monoisotopic (exact) mass is 274 g/mol. The highest BCUT2D eigenvalue weighted by molar-refractivity contribution is 5.47. The van der Waals surface area contributed by atoms with E-state index in [1.165, 1.54) is 6.20 Å². The number of nitrogens with zero attached hydrogens (tertiary/aromatic N) is 3. The number of rotatable bonds is 3. The molecule has 2 heterocycles. The first-order valence-electron chi connectivity index (χ1n) is 6.33. The molecular weight excluding hydrogens is 259 g/mol. The van der Waals surface area contributed by atoms with E-state index >= 15 is 0 Å². The fourth-order valence-electron chi connectivity index (χ4n) is 2.18. The molecule has 6 heteroatoms.